The molecule has 0 aliphatic carbocycles. The number of benzene rings is 1. The zero-order valence-electron chi connectivity index (χ0n) is 7.61. The van der Waals surface area contributed by atoms with Gasteiger partial charge in [0.2, 0.25) is 0 Å². The Bertz CT molecular complexity index is 339. The van der Waals surface area contributed by atoms with Gasteiger partial charge in [0.15, 0.2) is 0 Å². The maximum absolute atomic E-state index is 10.3. The second kappa shape index (κ2) is 5.56. The molecular weight excluding hydrogens is 242 g/mol. The van der Waals surface area contributed by atoms with Crippen LogP contribution in [0.5, 0.6) is 0 Å². The molecule has 0 aliphatic heterocycles. The van der Waals surface area contributed by atoms with Crippen LogP contribution >= 0.6 is 15.9 Å². The largest absolute Gasteiger partial charge is 0.302 e. The van der Waals surface area contributed by atoms with Crippen LogP contribution in [0.15, 0.2) is 24.3 Å². The van der Waals surface area contributed by atoms with Crippen molar-refractivity contribution in [2.75, 3.05) is 0 Å². The molecule has 1 aromatic rings. The van der Waals surface area contributed by atoms with E-state index in [0.29, 0.717) is 5.56 Å². The fourth-order valence-electron chi connectivity index (χ4n) is 1.12. The average molecular weight is 252 g/mol. The van der Waals surface area contributed by atoms with Crippen molar-refractivity contribution >= 4 is 22.2 Å². The maximum atomic E-state index is 10.3. The van der Waals surface area contributed by atoms with Gasteiger partial charge in [-0.05, 0) is 30.5 Å². The molecule has 2 nitrogen and oxygen atoms in total. The third kappa shape index (κ3) is 3.31. The third-order valence-corrected chi connectivity index (χ3v) is 2.61. The van der Waals surface area contributed by atoms with Crippen molar-refractivity contribution in [2.45, 2.75) is 17.7 Å². The molecule has 0 heterocycles. The van der Waals surface area contributed by atoms with Crippen LogP contribution in [0.2, 0.25) is 0 Å². The highest BCUT2D eigenvalue weighted by Gasteiger charge is 2.01. The molecule has 14 heavy (non-hydrogen) atoms. The number of halogens is 1. The van der Waals surface area contributed by atoms with Crippen LogP contribution in [0.1, 0.15) is 17.5 Å². The van der Waals surface area contributed by atoms with Crippen LogP contribution in [0.4, 0.5) is 0 Å². The van der Waals surface area contributed by atoms with Gasteiger partial charge in [0, 0.05) is 0 Å². The fourth-order valence-corrected chi connectivity index (χ4v) is 1.35. The molecule has 0 spiro atoms. The second-order valence-corrected chi connectivity index (χ2v) is 4.18. The Hall–Kier alpha value is -1.14. The predicted octanol–water partition coefficient (Wildman–Crippen LogP) is 2.45. The first-order valence-electron chi connectivity index (χ1n) is 4.34. The van der Waals surface area contributed by atoms with E-state index in [-0.39, 0.29) is 4.83 Å². The number of hydrogen-bond acceptors (Lipinski definition) is 2. The second-order valence-electron chi connectivity index (χ2n) is 3.00. The summed E-state index contributed by atoms with van der Waals surface area (Å²) < 4.78 is 0. The molecule has 0 radical (unpaired) electrons. The predicted molar refractivity (Wildman–Crippen MR) is 58.3 cm³/mol. The molecule has 0 saturated heterocycles. The smallest absolute Gasteiger partial charge is 0.133 e. The van der Waals surface area contributed by atoms with Gasteiger partial charge < -0.3 is 4.79 Å². The Balaban J connectivity index is 2.52. The van der Waals surface area contributed by atoms with Gasteiger partial charge in [-0.2, -0.15) is 5.26 Å². The SMILES string of the molecule is N#Cc1ccc(CCC(Br)C=O)cc1. The summed E-state index contributed by atoms with van der Waals surface area (Å²) in [6.45, 7) is 0. The van der Waals surface area contributed by atoms with Gasteiger partial charge in [0.25, 0.3) is 0 Å². The quantitative estimate of drug-likeness (QED) is 0.610. The number of aryl methyl sites for hydroxylation is 1. The van der Waals surface area contributed by atoms with Crippen molar-refractivity contribution in [3.05, 3.63) is 35.4 Å². The van der Waals surface area contributed by atoms with E-state index in [2.05, 4.69) is 22.0 Å². The molecule has 0 bridgehead atoms. The normalized spacial score (nSPS) is 11.7. The number of nitriles is 1. The van der Waals surface area contributed by atoms with Gasteiger partial charge in [-0.1, -0.05) is 28.1 Å². The highest BCUT2D eigenvalue weighted by Crippen LogP contribution is 2.10. The monoisotopic (exact) mass is 251 g/mol. The first kappa shape index (κ1) is 10.9. The summed E-state index contributed by atoms with van der Waals surface area (Å²) in [6, 6.07) is 9.49. The molecule has 3 heteroatoms. The van der Waals surface area contributed by atoms with Crippen LogP contribution in [-0.2, 0) is 11.2 Å². The van der Waals surface area contributed by atoms with E-state index in [1.165, 1.54) is 0 Å². The van der Waals surface area contributed by atoms with Crippen molar-refractivity contribution in [3.8, 4) is 6.07 Å². The lowest BCUT2D eigenvalue weighted by Crippen LogP contribution is -2.00. The number of nitrogens with zero attached hydrogens (tertiary/aromatic N) is 1. The number of alkyl halides is 1. The van der Waals surface area contributed by atoms with E-state index in [9.17, 15) is 4.79 Å². The van der Waals surface area contributed by atoms with Gasteiger partial charge in [0.1, 0.15) is 6.29 Å². The lowest BCUT2D eigenvalue weighted by atomic mass is 10.1. The highest BCUT2D eigenvalue weighted by molar-refractivity contribution is 9.09. The lowest BCUT2D eigenvalue weighted by molar-refractivity contribution is -0.107. The summed E-state index contributed by atoms with van der Waals surface area (Å²) in [6.07, 6.45) is 2.53. The molecule has 0 amide bonds. The topological polar surface area (TPSA) is 40.9 Å². The molecule has 0 saturated carbocycles. The standard InChI is InChI=1S/C11H10BrNO/c12-11(8-14)6-5-9-1-3-10(7-13)4-2-9/h1-4,8,11H,5-6H2. The van der Waals surface area contributed by atoms with Crippen LogP contribution in [0, 0.1) is 11.3 Å². The zero-order valence-corrected chi connectivity index (χ0v) is 9.20. The highest BCUT2D eigenvalue weighted by atomic mass is 79.9. The first-order chi connectivity index (χ1) is 6.76. The van der Waals surface area contributed by atoms with E-state index in [4.69, 9.17) is 5.26 Å². The van der Waals surface area contributed by atoms with Gasteiger partial charge in [-0.25, -0.2) is 0 Å². The van der Waals surface area contributed by atoms with Crippen molar-refractivity contribution in [2.24, 2.45) is 0 Å². The van der Waals surface area contributed by atoms with E-state index in [0.717, 1.165) is 24.7 Å². The minimum Gasteiger partial charge on any atom is -0.302 e. The summed E-state index contributed by atoms with van der Waals surface area (Å²) >= 11 is 3.24. The van der Waals surface area contributed by atoms with E-state index >= 15 is 0 Å². The maximum Gasteiger partial charge on any atom is 0.133 e. The van der Waals surface area contributed by atoms with Gasteiger partial charge in [-0.3, -0.25) is 0 Å². The summed E-state index contributed by atoms with van der Waals surface area (Å²) in [4.78, 5) is 10.3. The molecule has 0 aromatic heterocycles. The number of carbonyl (C=O) groups is 1. The summed E-state index contributed by atoms with van der Waals surface area (Å²) in [5.74, 6) is 0. The molecule has 0 fully saturated rings. The number of aldehydes is 1. The molecular formula is C11H10BrNO. The minimum absolute atomic E-state index is 0.0712. The summed E-state index contributed by atoms with van der Waals surface area (Å²) in [5, 5.41) is 8.58. The van der Waals surface area contributed by atoms with Crippen molar-refractivity contribution in [3.63, 3.8) is 0 Å². The van der Waals surface area contributed by atoms with Crippen LogP contribution < -0.4 is 0 Å². The molecule has 72 valence electrons. The van der Waals surface area contributed by atoms with E-state index in [1.807, 2.05) is 12.1 Å². The van der Waals surface area contributed by atoms with E-state index in [1.54, 1.807) is 12.1 Å². The molecule has 0 N–H and O–H groups in total. The Morgan fingerprint density at radius 2 is 2.07 bits per heavy atom. The Labute approximate surface area is 91.7 Å². The summed E-state index contributed by atoms with van der Waals surface area (Å²) in [5.41, 5.74) is 1.81. The molecule has 1 unspecified atom stereocenters. The van der Waals surface area contributed by atoms with Crippen LogP contribution in [0.25, 0.3) is 0 Å². The molecule has 1 rings (SSSR count). The number of carbonyl (C=O) groups excluding carboxylic acids is 1. The Kier molecular flexibility index (Phi) is 4.34. The molecule has 0 aliphatic rings. The zero-order chi connectivity index (χ0) is 10.4. The van der Waals surface area contributed by atoms with Crippen molar-refractivity contribution in [1.82, 2.24) is 0 Å². The van der Waals surface area contributed by atoms with Gasteiger partial charge in [-0.15, -0.1) is 0 Å². The van der Waals surface area contributed by atoms with Gasteiger partial charge >= 0.3 is 0 Å². The Morgan fingerprint density at radius 3 is 2.57 bits per heavy atom. The van der Waals surface area contributed by atoms with Gasteiger partial charge in [0.05, 0.1) is 16.5 Å². The lowest BCUT2D eigenvalue weighted by Gasteiger charge is -2.02. The Morgan fingerprint density at radius 1 is 1.43 bits per heavy atom. The van der Waals surface area contributed by atoms with Crippen LogP contribution in [-0.4, -0.2) is 11.1 Å². The van der Waals surface area contributed by atoms with E-state index < -0.39 is 0 Å². The number of hydrogen-bond donors (Lipinski definition) is 0. The van der Waals surface area contributed by atoms with Crippen LogP contribution in [0.3, 0.4) is 0 Å². The molecule has 1 aromatic carbocycles. The molecule has 1 atom stereocenters. The summed E-state index contributed by atoms with van der Waals surface area (Å²) in [7, 11) is 0. The third-order valence-electron chi connectivity index (χ3n) is 1.94. The minimum atomic E-state index is -0.0712. The average Bonchev–Trinajstić information content (AvgIpc) is 2.26. The number of rotatable bonds is 4. The van der Waals surface area contributed by atoms with Crippen molar-refractivity contribution < 1.29 is 4.79 Å². The van der Waals surface area contributed by atoms with Crippen molar-refractivity contribution in [1.29, 1.82) is 5.26 Å². The fraction of sp³-hybridized carbons (Fsp3) is 0.273. The first-order valence-corrected chi connectivity index (χ1v) is 5.26.